The van der Waals surface area contributed by atoms with Crippen LogP contribution in [0.3, 0.4) is 0 Å². The molecule has 0 spiro atoms. The van der Waals surface area contributed by atoms with E-state index >= 15 is 0 Å². The van der Waals surface area contributed by atoms with E-state index in [2.05, 4.69) is 22.4 Å². The van der Waals surface area contributed by atoms with Gasteiger partial charge in [0.25, 0.3) is 0 Å². The average Bonchev–Trinajstić information content (AvgIpc) is 2.78. The Balaban J connectivity index is 1.42. The van der Waals surface area contributed by atoms with Crippen molar-refractivity contribution in [2.75, 3.05) is 6.61 Å². The van der Waals surface area contributed by atoms with Gasteiger partial charge in [0.05, 0.1) is 30.8 Å². The molecule has 1 heterocycles. The van der Waals surface area contributed by atoms with Crippen LogP contribution in [0.1, 0.15) is 29.2 Å². The summed E-state index contributed by atoms with van der Waals surface area (Å²) in [4.78, 5) is 4.49. The quantitative estimate of drug-likeness (QED) is 0.524. The number of fused-ring (bicyclic) bond motifs is 1. The minimum absolute atomic E-state index is 0.105. The van der Waals surface area contributed by atoms with E-state index in [9.17, 15) is 5.26 Å². The molecule has 0 aromatic heterocycles. The largest absolute Gasteiger partial charge is 0.493 e. The zero-order chi connectivity index (χ0) is 20.1. The minimum Gasteiger partial charge on any atom is -0.493 e. The normalized spacial score (nSPS) is 15.7. The molecule has 29 heavy (non-hydrogen) atoms. The monoisotopic (exact) mass is 382 g/mol. The Morgan fingerprint density at radius 2 is 1.83 bits per heavy atom. The van der Waals surface area contributed by atoms with Crippen molar-refractivity contribution in [2.45, 2.75) is 19.0 Å². The first kappa shape index (κ1) is 18.6. The summed E-state index contributed by atoms with van der Waals surface area (Å²) in [5, 5.41) is 12.6. The van der Waals surface area contributed by atoms with E-state index < -0.39 is 0 Å². The van der Waals surface area contributed by atoms with Crippen LogP contribution in [0.25, 0.3) is 11.1 Å². The third kappa shape index (κ3) is 4.22. The first-order valence-electron chi connectivity index (χ1n) is 9.61. The number of aliphatic imine (C=N–C) groups is 1. The van der Waals surface area contributed by atoms with E-state index in [1.807, 2.05) is 66.7 Å². The van der Waals surface area contributed by atoms with Gasteiger partial charge >= 0.3 is 0 Å². The molecular weight excluding hydrogens is 360 g/mol. The van der Waals surface area contributed by atoms with E-state index in [1.54, 1.807) is 0 Å². The van der Waals surface area contributed by atoms with Gasteiger partial charge in [-0.05, 0) is 28.8 Å². The molecule has 3 aromatic rings. The maximum absolute atomic E-state index is 9.28. The molecule has 1 atom stereocenters. The molecular formula is C24H22N4O. The van der Waals surface area contributed by atoms with Crippen LogP contribution < -0.4 is 15.8 Å². The molecule has 0 radical (unpaired) electrons. The molecule has 1 unspecified atom stereocenters. The highest BCUT2D eigenvalue weighted by molar-refractivity contribution is 5.78. The van der Waals surface area contributed by atoms with Crippen molar-refractivity contribution in [2.24, 2.45) is 10.7 Å². The van der Waals surface area contributed by atoms with Gasteiger partial charge in [-0.25, -0.2) is 4.99 Å². The van der Waals surface area contributed by atoms with Gasteiger partial charge in [-0.15, -0.1) is 0 Å². The van der Waals surface area contributed by atoms with E-state index in [-0.39, 0.29) is 6.04 Å². The van der Waals surface area contributed by atoms with Crippen molar-refractivity contribution < 1.29 is 4.74 Å². The number of nitrogens with two attached hydrogens (primary N) is 1. The van der Waals surface area contributed by atoms with Gasteiger partial charge in [0.15, 0.2) is 5.96 Å². The molecule has 0 bridgehead atoms. The van der Waals surface area contributed by atoms with Crippen LogP contribution >= 0.6 is 0 Å². The molecule has 5 nitrogen and oxygen atoms in total. The molecule has 3 aromatic carbocycles. The summed E-state index contributed by atoms with van der Waals surface area (Å²) in [6.45, 7) is 1.15. The van der Waals surface area contributed by atoms with Crippen molar-refractivity contribution in [3.05, 3.63) is 89.5 Å². The summed E-state index contributed by atoms with van der Waals surface area (Å²) in [6, 6.07) is 26.0. The van der Waals surface area contributed by atoms with Crippen molar-refractivity contribution >= 4 is 5.96 Å². The molecule has 4 rings (SSSR count). The standard InChI is InChI=1S/C24H22N4O/c25-15-19-5-1-2-6-20(19)18-11-9-17(10-12-18)16-27-24(26)28-22-13-14-29-23-8-4-3-7-21(22)23/h1-12,22H,13-14,16H2,(H3,26,27,28). The molecule has 144 valence electrons. The zero-order valence-corrected chi connectivity index (χ0v) is 16.0. The Kier molecular flexibility index (Phi) is 5.44. The Labute approximate surface area is 170 Å². The van der Waals surface area contributed by atoms with Gasteiger partial charge in [-0.2, -0.15) is 5.26 Å². The van der Waals surface area contributed by atoms with E-state index in [1.165, 1.54) is 0 Å². The van der Waals surface area contributed by atoms with E-state index in [0.717, 1.165) is 34.4 Å². The van der Waals surface area contributed by atoms with E-state index in [0.29, 0.717) is 24.7 Å². The lowest BCUT2D eigenvalue weighted by molar-refractivity contribution is 0.262. The fourth-order valence-electron chi connectivity index (χ4n) is 3.51. The second kappa shape index (κ2) is 8.49. The first-order valence-corrected chi connectivity index (χ1v) is 9.61. The average molecular weight is 382 g/mol. The van der Waals surface area contributed by atoms with Crippen LogP contribution in [0.4, 0.5) is 0 Å². The lowest BCUT2D eigenvalue weighted by atomic mass is 9.99. The number of nitrogens with one attached hydrogen (secondary N) is 1. The Morgan fingerprint density at radius 1 is 1.07 bits per heavy atom. The number of hydrogen-bond donors (Lipinski definition) is 2. The second-order valence-electron chi connectivity index (χ2n) is 6.93. The van der Waals surface area contributed by atoms with E-state index in [4.69, 9.17) is 10.5 Å². The molecule has 1 aliphatic heterocycles. The first-order chi connectivity index (χ1) is 14.2. The summed E-state index contributed by atoms with van der Waals surface area (Å²) in [5.74, 6) is 1.32. The minimum atomic E-state index is 0.105. The van der Waals surface area contributed by atoms with Crippen LogP contribution in [-0.4, -0.2) is 12.6 Å². The lowest BCUT2D eigenvalue weighted by Crippen LogP contribution is -2.37. The van der Waals surface area contributed by atoms with Crippen LogP contribution in [0, 0.1) is 11.3 Å². The van der Waals surface area contributed by atoms with Gasteiger partial charge in [0.2, 0.25) is 0 Å². The number of para-hydroxylation sites is 1. The maximum atomic E-state index is 9.28. The van der Waals surface area contributed by atoms with Gasteiger partial charge < -0.3 is 15.8 Å². The van der Waals surface area contributed by atoms with Gasteiger partial charge in [0, 0.05) is 12.0 Å². The highest BCUT2D eigenvalue weighted by atomic mass is 16.5. The molecule has 0 amide bonds. The third-order valence-electron chi connectivity index (χ3n) is 5.03. The molecule has 1 aliphatic rings. The predicted octanol–water partition coefficient (Wildman–Crippen LogP) is 4.15. The van der Waals surface area contributed by atoms with Gasteiger partial charge in [-0.3, -0.25) is 0 Å². The molecule has 0 aliphatic carbocycles. The summed E-state index contributed by atoms with van der Waals surface area (Å²) in [6.07, 6.45) is 0.847. The lowest BCUT2D eigenvalue weighted by Gasteiger charge is -2.26. The SMILES string of the molecule is N#Cc1ccccc1-c1ccc(CN=C(N)NC2CCOc3ccccc32)cc1. The highest BCUT2D eigenvalue weighted by Crippen LogP contribution is 2.31. The summed E-state index contributed by atoms with van der Waals surface area (Å²) in [5.41, 5.74) is 10.9. The number of guanidine groups is 1. The molecule has 0 fully saturated rings. The second-order valence-corrected chi connectivity index (χ2v) is 6.93. The molecule has 3 N–H and O–H groups in total. The molecule has 0 saturated heterocycles. The summed E-state index contributed by atoms with van der Waals surface area (Å²) < 4.78 is 5.69. The Hall–Kier alpha value is -3.78. The maximum Gasteiger partial charge on any atom is 0.189 e. The Morgan fingerprint density at radius 3 is 2.66 bits per heavy atom. The highest BCUT2D eigenvalue weighted by Gasteiger charge is 2.21. The van der Waals surface area contributed by atoms with Crippen LogP contribution in [0.5, 0.6) is 5.75 Å². The van der Waals surface area contributed by atoms with Crippen molar-refractivity contribution in [3.63, 3.8) is 0 Å². The van der Waals surface area contributed by atoms with Crippen molar-refractivity contribution in [3.8, 4) is 22.9 Å². The third-order valence-corrected chi connectivity index (χ3v) is 5.03. The van der Waals surface area contributed by atoms with Gasteiger partial charge in [-0.1, -0.05) is 60.7 Å². The number of nitrogens with zero attached hydrogens (tertiary/aromatic N) is 2. The number of nitriles is 1. The van der Waals surface area contributed by atoms with Gasteiger partial charge in [0.1, 0.15) is 5.75 Å². The number of ether oxygens (including phenoxy) is 1. The van der Waals surface area contributed by atoms with Crippen molar-refractivity contribution in [1.29, 1.82) is 5.26 Å². The Bertz CT molecular complexity index is 1070. The van der Waals surface area contributed by atoms with Crippen LogP contribution in [-0.2, 0) is 6.54 Å². The summed E-state index contributed by atoms with van der Waals surface area (Å²) >= 11 is 0. The van der Waals surface area contributed by atoms with Crippen LogP contribution in [0.2, 0.25) is 0 Å². The fraction of sp³-hybridized carbons (Fsp3) is 0.167. The molecule has 5 heteroatoms. The summed E-state index contributed by atoms with van der Waals surface area (Å²) in [7, 11) is 0. The number of rotatable bonds is 4. The fourth-order valence-corrected chi connectivity index (χ4v) is 3.51. The molecule has 0 saturated carbocycles. The number of hydrogen-bond acceptors (Lipinski definition) is 3. The number of benzene rings is 3. The van der Waals surface area contributed by atoms with Crippen LogP contribution in [0.15, 0.2) is 77.8 Å². The topological polar surface area (TPSA) is 83.4 Å². The smallest absolute Gasteiger partial charge is 0.189 e. The zero-order valence-electron chi connectivity index (χ0n) is 16.0. The van der Waals surface area contributed by atoms with Crippen molar-refractivity contribution in [1.82, 2.24) is 5.32 Å². The predicted molar refractivity (Wildman–Crippen MR) is 114 cm³/mol.